The van der Waals surface area contributed by atoms with Gasteiger partial charge in [0.1, 0.15) is 0 Å². The molecular weight excluding hydrogens is 340 g/mol. The van der Waals surface area contributed by atoms with Gasteiger partial charge >= 0.3 is 5.97 Å². The molecule has 0 spiro atoms. The molecule has 7 heteroatoms. The molecular formula is C18H18N2O4S. The fourth-order valence-corrected chi connectivity index (χ4v) is 3.13. The van der Waals surface area contributed by atoms with Gasteiger partial charge in [-0.05, 0) is 55.0 Å². The van der Waals surface area contributed by atoms with E-state index in [0.717, 1.165) is 12.8 Å². The number of ether oxygens (including phenoxy) is 1. The second-order valence-corrected chi connectivity index (χ2v) is 6.64. The summed E-state index contributed by atoms with van der Waals surface area (Å²) in [5.41, 5.74) is 0.924. The van der Waals surface area contributed by atoms with E-state index in [0.29, 0.717) is 29.1 Å². The van der Waals surface area contributed by atoms with Crippen LogP contribution >= 0.6 is 11.3 Å². The van der Waals surface area contributed by atoms with Crippen molar-refractivity contribution in [2.45, 2.75) is 25.4 Å². The summed E-state index contributed by atoms with van der Waals surface area (Å²) in [5, 5.41) is 7.33. The Morgan fingerprint density at radius 3 is 2.68 bits per heavy atom. The summed E-state index contributed by atoms with van der Waals surface area (Å²) in [5.74, 6) is -0.982. The molecule has 0 radical (unpaired) electrons. The Bertz CT molecular complexity index is 756. The van der Waals surface area contributed by atoms with Gasteiger partial charge in [-0.2, -0.15) is 0 Å². The van der Waals surface area contributed by atoms with Crippen LogP contribution in [0.15, 0.2) is 41.8 Å². The molecule has 1 aromatic heterocycles. The zero-order valence-corrected chi connectivity index (χ0v) is 14.3. The molecule has 1 aliphatic rings. The van der Waals surface area contributed by atoms with Gasteiger partial charge in [-0.1, -0.05) is 6.07 Å². The molecule has 0 bridgehead atoms. The molecule has 1 unspecified atom stereocenters. The minimum Gasteiger partial charge on any atom is -0.449 e. The monoisotopic (exact) mass is 358 g/mol. The Balaban J connectivity index is 1.60. The molecule has 25 heavy (non-hydrogen) atoms. The minimum absolute atomic E-state index is 0.194. The maximum absolute atomic E-state index is 12.2. The quantitative estimate of drug-likeness (QED) is 0.823. The second kappa shape index (κ2) is 7.94. The van der Waals surface area contributed by atoms with E-state index in [-0.39, 0.29) is 11.8 Å². The van der Waals surface area contributed by atoms with Crippen molar-refractivity contribution in [1.82, 2.24) is 5.32 Å². The average Bonchev–Trinajstić information content (AvgIpc) is 3.08. The van der Waals surface area contributed by atoms with Gasteiger partial charge in [0, 0.05) is 12.2 Å². The number of esters is 1. The van der Waals surface area contributed by atoms with Crippen LogP contribution in [0, 0.1) is 0 Å². The number of nitrogens with one attached hydrogen (secondary N) is 2. The number of anilines is 1. The zero-order chi connectivity index (χ0) is 17.6. The molecule has 3 rings (SSSR count). The van der Waals surface area contributed by atoms with E-state index in [1.54, 1.807) is 30.3 Å². The molecule has 6 nitrogen and oxygen atoms in total. The van der Waals surface area contributed by atoms with E-state index in [2.05, 4.69) is 10.6 Å². The van der Waals surface area contributed by atoms with Gasteiger partial charge in [0.15, 0.2) is 6.10 Å². The Hall–Kier alpha value is -2.67. The molecule has 1 saturated heterocycles. The molecule has 1 fully saturated rings. The molecule has 130 valence electrons. The van der Waals surface area contributed by atoms with Gasteiger partial charge in [0.25, 0.3) is 11.8 Å². The minimum atomic E-state index is -0.742. The first kappa shape index (κ1) is 17.2. The van der Waals surface area contributed by atoms with Crippen molar-refractivity contribution < 1.29 is 19.1 Å². The molecule has 2 aromatic rings. The predicted molar refractivity (Wildman–Crippen MR) is 94.8 cm³/mol. The second-order valence-electron chi connectivity index (χ2n) is 5.69. The lowest BCUT2D eigenvalue weighted by Gasteiger charge is -2.14. The van der Waals surface area contributed by atoms with Crippen molar-refractivity contribution in [2.75, 3.05) is 11.9 Å². The largest absolute Gasteiger partial charge is 0.449 e. The van der Waals surface area contributed by atoms with Gasteiger partial charge in [-0.15, -0.1) is 11.3 Å². The van der Waals surface area contributed by atoms with Crippen LogP contribution in [0.5, 0.6) is 0 Å². The highest BCUT2D eigenvalue weighted by molar-refractivity contribution is 7.12. The number of amides is 2. The highest BCUT2D eigenvalue weighted by Gasteiger charge is 2.25. The highest BCUT2D eigenvalue weighted by atomic mass is 32.1. The SMILES string of the molecule is O=C(OC1CCCCNC1=O)c1ccc(NC(=O)c2cccs2)cc1. The number of benzene rings is 1. The smallest absolute Gasteiger partial charge is 0.338 e. The first-order valence-corrected chi connectivity index (χ1v) is 8.95. The molecule has 2 amide bonds. The molecule has 1 aliphatic heterocycles. The van der Waals surface area contributed by atoms with Crippen molar-refractivity contribution in [3.8, 4) is 0 Å². The predicted octanol–water partition coefficient (Wildman–Crippen LogP) is 2.83. The zero-order valence-electron chi connectivity index (χ0n) is 13.5. The summed E-state index contributed by atoms with van der Waals surface area (Å²) in [4.78, 5) is 36.6. The van der Waals surface area contributed by atoms with E-state index in [1.165, 1.54) is 11.3 Å². The van der Waals surface area contributed by atoms with Crippen molar-refractivity contribution in [2.24, 2.45) is 0 Å². The van der Waals surface area contributed by atoms with E-state index in [1.807, 2.05) is 11.4 Å². The van der Waals surface area contributed by atoms with Gasteiger partial charge in [-0.3, -0.25) is 9.59 Å². The molecule has 2 heterocycles. The van der Waals surface area contributed by atoms with Crippen LogP contribution in [0.1, 0.15) is 39.3 Å². The topological polar surface area (TPSA) is 84.5 Å². The van der Waals surface area contributed by atoms with Crippen LogP contribution in [-0.2, 0) is 9.53 Å². The third-order valence-corrected chi connectivity index (χ3v) is 4.73. The van der Waals surface area contributed by atoms with Crippen LogP contribution in [-0.4, -0.2) is 30.4 Å². The number of thiophene rings is 1. The maximum atomic E-state index is 12.2. The lowest BCUT2D eigenvalue weighted by Crippen LogP contribution is -2.36. The van der Waals surface area contributed by atoms with Crippen LogP contribution in [0.3, 0.4) is 0 Å². The summed E-state index contributed by atoms with van der Waals surface area (Å²) < 4.78 is 5.31. The summed E-state index contributed by atoms with van der Waals surface area (Å²) >= 11 is 1.36. The first-order valence-electron chi connectivity index (χ1n) is 8.07. The standard InChI is InChI=1S/C18H18N2O4S/c21-16-14(4-1-2-10-19-16)24-18(23)12-6-8-13(9-7-12)20-17(22)15-5-3-11-25-15/h3,5-9,11,14H,1-2,4,10H2,(H,19,21)(H,20,22). The van der Waals surface area contributed by atoms with Crippen molar-refractivity contribution in [3.63, 3.8) is 0 Å². The number of hydrogen-bond donors (Lipinski definition) is 2. The van der Waals surface area contributed by atoms with Crippen molar-refractivity contribution >= 4 is 34.8 Å². The van der Waals surface area contributed by atoms with Crippen molar-refractivity contribution in [3.05, 3.63) is 52.2 Å². The molecule has 1 atom stereocenters. The molecule has 2 N–H and O–H groups in total. The van der Waals surface area contributed by atoms with Crippen LogP contribution in [0.25, 0.3) is 0 Å². The van der Waals surface area contributed by atoms with Crippen LogP contribution < -0.4 is 10.6 Å². The van der Waals surface area contributed by atoms with Gasteiger partial charge in [-0.25, -0.2) is 4.79 Å². The Morgan fingerprint density at radius 1 is 1.16 bits per heavy atom. The average molecular weight is 358 g/mol. The lowest BCUT2D eigenvalue weighted by atomic mass is 10.1. The first-order chi connectivity index (χ1) is 12.1. The fraction of sp³-hybridized carbons (Fsp3) is 0.278. The van der Waals surface area contributed by atoms with Crippen molar-refractivity contribution in [1.29, 1.82) is 0 Å². The number of carbonyl (C=O) groups is 3. The number of rotatable bonds is 4. The number of carbonyl (C=O) groups excluding carboxylic acids is 3. The van der Waals surface area contributed by atoms with E-state index in [4.69, 9.17) is 4.74 Å². The van der Waals surface area contributed by atoms with Gasteiger partial charge in [0.05, 0.1) is 10.4 Å². The molecule has 1 aromatic carbocycles. The Kier molecular flexibility index (Phi) is 5.45. The number of hydrogen-bond acceptors (Lipinski definition) is 5. The fourth-order valence-electron chi connectivity index (χ4n) is 2.51. The Morgan fingerprint density at radius 2 is 1.96 bits per heavy atom. The summed E-state index contributed by atoms with van der Waals surface area (Å²) in [6.07, 6.45) is 1.52. The summed E-state index contributed by atoms with van der Waals surface area (Å²) in [6, 6.07) is 9.96. The van der Waals surface area contributed by atoms with E-state index in [9.17, 15) is 14.4 Å². The van der Waals surface area contributed by atoms with Gasteiger partial charge < -0.3 is 15.4 Å². The molecule has 0 saturated carbocycles. The summed E-state index contributed by atoms with van der Waals surface area (Å²) in [7, 11) is 0. The highest BCUT2D eigenvalue weighted by Crippen LogP contribution is 2.16. The van der Waals surface area contributed by atoms with E-state index >= 15 is 0 Å². The molecule has 0 aliphatic carbocycles. The lowest BCUT2D eigenvalue weighted by molar-refractivity contribution is -0.129. The summed E-state index contributed by atoms with van der Waals surface area (Å²) in [6.45, 7) is 0.617. The van der Waals surface area contributed by atoms with E-state index < -0.39 is 12.1 Å². The van der Waals surface area contributed by atoms with Crippen LogP contribution in [0.2, 0.25) is 0 Å². The third kappa shape index (κ3) is 4.45. The maximum Gasteiger partial charge on any atom is 0.338 e. The Labute approximate surface area is 149 Å². The van der Waals surface area contributed by atoms with Gasteiger partial charge in [0.2, 0.25) is 0 Å². The third-order valence-electron chi connectivity index (χ3n) is 3.86. The van der Waals surface area contributed by atoms with Crippen LogP contribution in [0.4, 0.5) is 5.69 Å². The normalized spacial score (nSPS) is 17.3.